The third-order valence-corrected chi connectivity index (χ3v) is 5.41. The van der Waals surface area contributed by atoms with Crippen LogP contribution in [0.1, 0.15) is 13.3 Å². The molecule has 0 rings (SSSR count). The molecule has 0 atom stereocenters. The highest BCUT2D eigenvalue weighted by Gasteiger charge is 2.17. The molecule has 0 spiro atoms. The molecule has 0 bridgehead atoms. The van der Waals surface area contributed by atoms with Crippen LogP contribution in [-0.4, -0.2) is 33.6 Å². The van der Waals surface area contributed by atoms with Crippen molar-refractivity contribution in [3.63, 3.8) is 0 Å². The molecule has 13 heavy (non-hydrogen) atoms. The third-order valence-electron chi connectivity index (χ3n) is 2.37. The first-order valence-electron chi connectivity index (χ1n) is 5.24. The average molecular weight is 199 g/mol. The minimum atomic E-state index is -0.905. The molecule has 0 aliphatic rings. The Hall–Kier alpha value is -0.0831. The fourth-order valence-electron chi connectivity index (χ4n) is 1.41. The highest BCUT2D eigenvalue weighted by atomic mass is 28.3. The molecular weight excluding hydrogens is 174 g/mol. The summed E-state index contributed by atoms with van der Waals surface area (Å²) in [6.07, 6.45) is 5.88. The summed E-state index contributed by atoms with van der Waals surface area (Å²) in [5, 5.41) is 0. The van der Waals surface area contributed by atoms with Crippen LogP contribution >= 0.6 is 0 Å². The van der Waals surface area contributed by atoms with Gasteiger partial charge in [-0.25, -0.2) is 0 Å². The maximum Gasteiger partial charge on any atom is 0.0511 e. The van der Waals surface area contributed by atoms with E-state index in [1.165, 1.54) is 25.1 Å². The molecule has 0 aromatic rings. The quantitative estimate of drug-likeness (QED) is 0.469. The van der Waals surface area contributed by atoms with Gasteiger partial charge in [-0.3, -0.25) is 0 Å². The van der Waals surface area contributed by atoms with Crippen molar-refractivity contribution in [2.75, 3.05) is 20.6 Å². The average Bonchev–Trinajstić information content (AvgIpc) is 2.00. The van der Waals surface area contributed by atoms with Gasteiger partial charge in [0, 0.05) is 0 Å². The van der Waals surface area contributed by atoms with Gasteiger partial charge in [-0.05, 0) is 40.0 Å². The van der Waals surface area contributed by atoms with E-state index in [2.05, 4.69) is 51.2 Å². The molecule has 78 valence electrons. The van der Waals surface area contributed by atoms with Gasteiger partial charge in [-0.1, -0.05) is 31.3 Å². The summed E-state index contributed by atoms with van der Waals surface area (Å²) >= 11 is 0. The van der Waals surface area contributed by atoms with Crippen LogP contribution < -0.4 is 0 Å². The van der Waals surface area contributed by atoms with E-state index in [0.717, 1.165) is 0 Å². The molecule has 1 nitrogen and oxygen atoms in total. The zero-order chi connectivity index (χ0) is 10.3. The van der Waals surface area contributed by atoms with Crippen molar-refractivity contribution in [2.24, 2.45) is 0 Å². The van der Waals surface area contributed by atoms with Gasteiger partial charge in [0.05, 0.1) is 8.07 Å². The molecular formula is C11H25NSi. The number of rotatable bonds is 6. The summed E-state index contributed by atoms with van der Waals surface area (Å²) < 4.78 is 0. The molecule has 0 N–H and O–H groups in total. The zero-order valence-corrected chi connectivity index (χ0v) is 10.9. The SMILES string of the molecule is C/C=C/C[Si](C)(C)CCCN(C)C. The standard InChI is InChI=1S/C11H25NSi/c1-6-7-10-13(4,5)11-8-9-12(2)3/h6-7H,8-11H2,1-5H3/b7-6+. The fourth-order valence-corrected chi connectivity index (χ4v) is 3.61. The van der Waals surface area contributed by atoms with Crippen molar-refractivity contribution >= 4 is 8.07 Å². The lowest BCUT2D eigenvalue weighted by molar-refractivity contribution is 0.407. The largest absolute Gasteiger partial charge is 0.309 e. The molecule has 0 heterocycles. The van der Waals surface area contributed by atoms with Crippen molar-refractivity contribution < 1.29 is 0 Å². The molecule has 0 radical (unpaired) electrons. The minimum Gasteiger partial charge on any atom is -0.309 e. The molecule has 0 saturated heterocycles. The molecule has 0 unspecified atom stereocenters. The van der Waals surface area contributed by atoms with Gasteiger partial charge < -0.3 is 4.90 Å². The van der Waals surface area contributed by atoms with Gasteiger partial charge in [0.15, 0.2) is 0 Å². The molecule has 0 aliphatic carbocycles. The van der Waals surface area contributed by atoms with E-state index in [-0.39, 0.29) is 0 Å². The molecule has 0 aromatic carbocycles. The predicted octanol–water partition coefficient (Wildman–Crippen LogP) is 3.22. The van der Waals surface area contributed by atoms with Crippen molar-refractivity contribution in [2.45, 2.75) is 38.5 Å². The molecule has 0 fully saturated rings. The second-order valence-electron chi connectivity index (χ2n) is 4.84. The second kappa shape index (κ2) is 6.38. The second-order valence-corrected chi connectivity index (χ2v) is 10.1. The molecule has 0 amide bonds. The van der Waals surface area contributed by atoms with E-state index in [4.69, 9.17) is 0 Å². The Bertz CT molecular complexity index is 150. The monoisotopic (exact) mass is 199 g/mol. The first kappa shape index (κ1) is 12.9. The van der Waals surface area contributed by atoms with E-state index in [9.17, 15) is 0 Å². The number of hydrogen-bond donors (Lipinski definition) is 0. The van der Waals surface area contributed by atoms with Crippen LogP contribution in [0.2, 0.25) is 25.2 Å². The first-order valence-corrected chi connectivity index (χ1v) is 8.65. The molecule has 2 heteroatoms. The normalized spacial score (nSPS) is 13.1. The van der Waals surface area contributed by atoms with Crippen LogP contribution in [0.25, 0.3) is 0 Å². The topological polar surface area (TPSA) is 3.24 Å². The van der Waals surface area contributed by atoms with E-state index in [1.54, 1.807) is 0 Å². The lowest BCUT2D eigenvalue weighted by atomic mass is 10.5. The Morgan fingerprint density at radius 3 is 2.31 bits per heavy atom. The van der Waals surface area contributed by atoms with E-state index in [0.29, 0.717) is 0 Å². The highest BCUT2D eigenvalue weighted by molar-refractivity contribution is 6.77. The van der Waals surface area contributed by atoms with Crippen molar-refractivity contribution in [3.05, 3.63) is 12.2 Å². The summed E-state index contributed by atoms with van der Waals surface area (Å²) in [6, 6.07) is 2.80. The van der Waals surface area contributed by atoms with Crippen LogP contribution in [0.5, 0.6) is 0 Å². The Kier molecular flexibility index (Phi) is 6.34. The zero-order valence-electron chi connectivity index (χ0n) is 9.93. The third kappa shape index (κ3) is 8.25. The summed E-state index contributed by atoms with van der Waals surface area (Å²) in [6.45, 7) is 8.34. The van der Waals surface area contributed by atoms with E-state index in [1.807, 2.05) is 0 Å². The molecule has 0 aliphatic heterocycles. The lowest BCUT2D eigenvalue weighted by Gasteiger charge is -2.21. The fraction of sp³-hybridized carbons (Fsp3) is 0.818. The molecule has 0 aromatic heterocycles. The number of allylic oxidation sites excluding steroid dienone is 2. The highest BCUT2D eigenvalue weighted by Crippen LogP contribution is 2.17. The summed E-state index contributed by atoms with van der Waals surface area (Å²) in [5.41, 5.74) is 0. The Labute approximate surface area is 84.8 Å². The Morgan fingerprint density at radius 1 is 1.23 bits per heavy atom. The van der Waals surface area contributed by atoms with Crippen LogP contribution in [0.3, 0.4) is 0 Å². The van der Waals surface area contributed by atoms with Gasteiger partial charge in [0.25, 0.3) is 0 Å². The summed E-state index contributed by atoms with van der Waals surface area (Å²) in [5.74, 6) is 0. The van der Waals surface area contributed by atoms with Gasteiger partial charge in [-0.15, -0.1) is 0 Å². The van der Waals surface area contributed by atoms with Gasteiger partial charge in [-0.2, -0.15) is 0 Å². The minimum absolute atomic E-state index is 0.905. The van der Waals surface area contributed by atoms with Gasteiger partial charge >= 0.3 is 0 Å². The van der Waals surface area contributed by atoms with Gasteiger partial charge in [0.1, 0.15) is 0 Å². The van der Waals surface area contributed by atoms with E-state index < -0.39 is 8.07 Å². The maximum absolute atomic E-state index is 2.49. The number of nitrogens with zero attached hydrogens (tertiary/aromatic N) is 1. The van der Waals surface area contributed by atoms with Crippen molar-refractivity contribution in [3.8, 4) is 0 Å². The Balaban J connectivity index is 3.62. The number of hydrogen-bond acceptors (Lipinski definition) is 1. The van der Waals surface area contributed by atoms with Crippen LogP contribution in [0.4, 0.5) is 0 Å². The maximum atomic E-state index is 2.49. The van der Waals surface area contributed by atoms with Crippen molar-refractivity contribution in [1.29, 1.82) is 0 Å². The van der Waals surface area contributed by atoms with Crippen molar-refractivity contribution in [1.82, 2.24) is 4.90 Å². The molecule has 0 saturated carbocycles. The van der Waals surface area contributed by atoms with Crippen LogP contribution in [0, 0.1) is 0 Å². The van der Waals surface area contributed by atoms with Crippen LogP contribution in [0.15, 0.2) is 12.2 Å². The van der Waals surface area contributed by atoms with Crippen LogP contribution in [-0.2, 0) is 0 Å². The smallest absolute Gasteiger partial charge is 0.0511 e. The summed E-state index contributed by atoms with van der Waals surface area (Å²) in [7, 11) is 3.40. The van der Waals surface area contributed by atoms with E-state index >= 15 is 0 Å². The summed E-state index contributed by atoms with van der Waals surface area (Å²) in [4.78, 5) is 2.28. The van der Waals surface area contributed by atoms with Gasteiger partial charge in [0.2, 0.25) is 0 Å². The lowest BCUT2D eigenvalue weighted by Crippen LogP contribution is -2.25. The first-order chi connectivity index (χ1) is 5.98. The Morgan fingerprint density at radius 2 is 1.85 bits per heavy atom. The predicted molar refractivity (Wildman–Crippen MR) is 65.1 cm³/mol.